The Morgan fingerprint density at radius 1 is 0.941 bits per heavy atom. The molecule has 5 atom stereocenters. The van der Waals surface area contributed by atoms with Crippen molar-refractivity contribution in [3.63, 3.8) is 0 Å². The van der Waals surface area contributed by atoms with E-state index in [4.69, 9.17) is 28.4 Å². The van der Waals surface area contributed by atoms with Crippen LogP contribution in [0.15, 0.2) is 18.2 Å². The van der Waals surface area contributed by atoms with Gasteiger partial charge in [0.2, 0.25) is 12.4 Å². The average Bonchev–Trinajstić information content (AvgIpc) is 2.71. The number of hydrogen-bond acceptors (Lipinski definition) is 12. The number of nitro benzene ring substituents is 1. The highest BCUT2D eigenvalue weighted by Crippen LogP contribution is 2.32. The minimum Gasteiger partial charge on any atom is -0.463 e. The Bertz CT molecular complexity index is 967. The molecule has 1 aliphatic rings. The third kappa shape index (κ3) is 7.10. The summed E-state index contributed by atoms with van der Waals surface area (Å²) in [6, 6.07) is 2.51. The Balaban J connectivity index is 2.49. The SMILES string of the molecule is CC(=O)OC[C@H]1O[C@H](Oc2ccc([N+](=O)[O-])cc2F)[C@H](OC(C)=O)[C@@H](OC(C)=O)[C@@H]1OC(C)=O. The fraction of sp³-hybridized carbons (Fsp3) is 0.500. The Morgan fingerprint density at radius 2 is 1.50 bits per heavy atom. The van der Waals surface area contributed by atoms with Gasteiger partial charge in [-0.25, -0.2) is 4.39 Å². The number of hydrogen-bond donors (Lipinski definition) is 0. The summed E-state index contributed by atoms with van der Waals surface area (Å²) in [5, 5.41) is 10.9. The van der Waals surface area contributed by atoms with E-state index in [1.165, 1.54) is 0 Å². The average molecular weight is 487 g/mol. The molecule has 0 amide bonds. The van der Waals surface area contributed by atoms with Gasteiger partial charge in [-0.05, 0) is 6.07 Å². The molecule has 1 fully saturated rings. The van der Waals surface area contributed by atoms with Crippen LogP contribution >= 0.6 is 0 Å². The predicted molar refractivity (Wildman–Crippen MR) is 106 cm³/mol. The third-order valence-electron chi connectivity index (χ3n) is 4.32. The van der Waals surface area contributed by atoms with Gasteiger partial charge in [0.15, 0.2) is 23.8 Å². The summed E-state index contributed by atoms with van der Waals surface area (Å²) < 4.78 is 46.1. The molecule has 0 saturated carbocycles. The van der Waals surface area contributed by atoms with Gasteiger partial charge in [-0.1, -0.05) is 0 Å². The van der Waals surface area contributed by atoms with Crippen LogP contribution in [0.3, 0.4) is 0 Å². The molecule has 0 aromatic heterocycles. The smallest absolute Gasteiger partial charge is 0.303 e. The Morgan fingerprint density at radius 3 is 2.00 bits per heavy atom. The van der Waals surface area contributed by atoms with E-state index >= 15 is 0 Å². The highest BCUT2D eigenvalue weighted by Gasteiger charge is 2.53. The van der Waals surface area contributed by atoms with E-state index in [1.54, 1.807) is 0 Å². The quantitative estimate of drug-likeness (QED) is 0.223. The van der Waals surface area contributed by atoms with Gasteiger partial charge in [0.1, 0.15) is 12.7 Å². The molecule has 1 saturated heterocycles. The topological polar surface area (TPSA) is 167 Å². The summed E-state index contributed by atoms with van der Waals surface area (Å²) in [7, 11) is 0. The molecule has 0 unspecified atom stereocenters. The molecule has 1 aromatic carbocycles. The lowest BCUT2D eigenvalue weighted by Crippen LogP contribution is -2.63. The van der Waals surface area contributed by atoms with Gasteiger partial charge in [0.05, 0.1) is 11.0 Å². The van der Waals surface area contributed by atoms with E-state index < -0.39 is 83.4 Å². The number of halogens is 1. The number of nitro groups is 1. The van der Waals surface area contributed by atoms with Gasteiger partial charge in [-0.2, -0.15) is 0 Å². The second kappa shape index (κ2) is 11.4. The van der Waals surface area contributed by atoms with Gasteiger partial charge in [-0.15, -0.1) is 0 Å². The fourth-order valence-electron chi connectivity index (χ4n) is 3.11. The molecular weight excluding hydrogens is 465 g/mol. The summed E-state index contributed by atoms with van der Waals surface area (Å²) >= 11 is 0. The minimum absolute atomic E-state index is 0.500. The number of benzene rings is 1. The molecule has 0 spiro atoms. The monoisotopic (exact) mass is 487 g/mol. The molecule has 0 N–H and O–H groups in total. The number of non-ortho nitro benzene ring substituents is 1. The van der Waals surface area contributed by atoms with Crippen molar-refractivity contribution >= 4 is 29.6 Å². The van der Waals surface area contributed by atoms with Crippen LogP contribution in [0.5, 0.6) is 5.75 Å². The molecule has 0 radical (unpaired) electrons. The summed E-state index contributed by atoms with van der Waals surface area (Å²) in [5.41, 5.74) is -0.550. The van der Waals surface area contributed by atoms with E-state index in [9.17, 15) is 33.7 Å². The minimum atomic E-state index is -1.67. The lowest BCUT2D eigenvalue weighted by Gasteiger charge is -2.43. The number of carbonyl (C=O) groups is 4. The summed E-state index contributed by atoms with van der Waals surface area (Å²) in [6.07, 6.45) is -7.46. The van der Waals surface area contributed by atoms with Crippen LogP contribution in [0.2, 0.25) is 0 Å². The molecule has 0 aliphatic carbocycles. The maximum atomic E-state index is 14.4. The number of carbonyl (C=O) groups excluding carboxylic acids is 4. The molecule has 1 aliphatic heterocycles. The van der Waals surface area contributed by atoms with Crippen LogP contribution in [0, 0.1) is 15.9 Å². The molecule has 34 heavy (non-hydrogen) atoms. The standard InChI is InChI=1S/C20H22FNO12/c1-9(23)29-8-16-17(30-10(2)24)18(31-11(3)25)19(32-12(4)26)20(34-16)33-15-6-5-13(22(27)28)7-14(15)21/h5-7,16-20H,8H2,1-4H3/t16-,17-,18+,19-,20+/m1/s1. The zero-order valence-corrected chi connectivity index (χ0v) is 18.6. The second-order valence-electron chi connectivity index (χ2n) is 7.06. The lowest BCUT2D eigenvalue weighted by atomic mass is 9.98. The fourth-order valence-corrected chi connectivity index (χ4v) is 3.11. The highest BCUT2D eigenvalue weighted by molar-refractivity contribution is 5.68. The first-order chi connectivity index (χ1) is 15.9. The first-order valence-corrected chi connectivity index (χ1v) is 9.80. The van der Waals surface area contributed by atoms with Crippen LogP contribution in [0.1, 0.15) is 27.7 Å². The molecule has 1 aromatic rings. The van der Waals surface area contributed by atoms with Gasteiger partial charge in [-0.3, -0.25) is 29.3 Å². The Kier molecular flexibility index (Phi) is 8.83. The normalized spacial score (nSPS) is 23.9. The Hall–Kier alpha value is -3.81. The van der Waals surface area contributed by atoms with Crippen molar-refractivity contribution in [1.29, 1.82) is 0 Å². The van der Waals surface area contributed by atoms with Gasteiger partial charge >= 0.3 is 23.9 Å². The maximum absolute atomic E-state index is 14.4. The van der Waals surface area contributed by atoms with E-state index in [0.717, 1.165) is 39.8 Å². The summed E-state index contributed by atoms with van der Waals surface area (Å²) in [6.45, 7) is 3.73. The van der Waals surface area contributed by atoms with Crippen LogP contribution in [-0.4, -0.2) is 66.1 Å². The van der Waals surface area contributed by atoms with Crippen molar-refractivity contribution < 1.29 is 56.9 Å². The van der Waals surface area contributed by atoms with Crippen LogP contribution in [0.25, 0.3) is 0 Å². The summed E-state index contributed by atoms with van der Waals surface area (Å²) in [4.78, 5) is 56.6. The predicted octanol–water partition coefficient (Wildman–Crippen LogP) is 1.20. The van der Waals surface area contributed by atoms with Crippen molar-refractivity contribution in [2.75, 3.05) is 6.61 Å². The molecule has 186 valence electrons. The van der Waals surface area contributed by atoms with Gasteiger partial charge in [0, 0.05) is 33.8 Å². The van der Waals surface area contributed by atoms with E-state index in [1.807, 2.05) is 0 Å². The Labute approximate surface area is 192 Å². The molecule has 0 bridgehead atoms. The molecule has 1 heterocycles. The third-order valence-corrected chi connectivity index (χ3v) is 4.32. The largest absolute Gasteiger partial charge is 0.463 e. The first kappa shape index (κ1) is 26.4. The van der Waals surface area contributed by atoms with E-state index in [0.29, 0.717) is 6.07 Å². The van der Waals surface area contributed by atoms with Gasteiger partial charge in [0.25, 0.3) is 5.69 Å². The highest BCUT2D eigenvalue weighted by atomic mass is 19.1. The first-order valence-electron chi connectivity index (χ1n) is 9.80. The number of esters is 4. The molecule has 14 heteroatoms. The van der Waals surface area contributed by atoms with Crippen LogP contribution < -0.4 is 4.74 Å². The van der Waals surface area contributed by atoms with Crippen LogP contribution in [0.4, 0.5) is 10.1 Å². The number of rotatable bonds is 8. The van der Waals surface area contributed by atoms with Crippen molar-refractivity contribution in [2.24, 2.45) is 0 Å². The van der Waals surface area contributed by atoms with Crippen molar-refractivity contribution in [2.45, 2.75) is 58.4 Å². The molecular formula is C20H22FNO12. The van der Waals surface area contributed by atoms with Crippen molar-refractivity contribution in [3.05, 3.63) is 34.1 Å². The van der Waals surface area contributed by atoms with E-state index in [2.05, 4.69) is 0 Å². The zero-order valence-electron chi connectivity index (χ0n) is 18.6. The van der Waals surface area contributed by atoms with E-state index in [-0.39, 0.29) is 0 Å². The summed E-state index contributed by atoms with van der Waals surface area (Å²) in [5.74, 6) is -4.92. The molecule has 13 nitrogen and oxygen atoms in total. The number of nitrogens with zero attached hydrogens (tertiary/aromatic N) is 1. The second-order valence-corrected chi connectivity index (χ2v) is 7.06. The number of ether oxygens (including phenoxy) is 6. The maximum Gasteiger partial charge on any atom is 0.303 e. The van der Waals surface area contributed by atoms with Crippen molar-refractivity contribution in [1.82, 2.24) is 0 Å². The zero-order chi connectivity index (χ0) is 25.6. The van der Waals surface area contributed by atoms with Gasteiger partial charge < -0.3 is 28.4 Å². The lowest BCUT2D eigenvalue weighted by molar-refractivity contribution is -0.385. The van der Waals surface area contributed by atoms with Crippen LogP contribution in [-0.2, 0) is 42.9 Å². The molecule has 2 rings (SSSR count). The van der Waals surface area contributed by atoms with Crippen molar-refractivity contribution in [3.8, 4) is 5.75 Å².